The van der Waals surface area contributed by atoms with Gasteiger partial charge in [-0.2, -0.15) is 9.40 Å². The molecule has 0 radical (unpaired) electrons. The Labute approximate surface area is 195 Å². The minimum Gasteiger partial charge on any atom is -0.308 e. The molecule has 0 atom stereocenters. The second-order valence-corrected chi connectivity index (χ2v) is 10.2. The number of carbonyl (C=O) groups excluding carboxylic acids is 1. The Morgan fingerprint density at radius 2 is 1.79 bits per heavy atom. The first-order valence-electron chi connectivity index (χ1n) is 11.3. The van der Waals surface area contributed by atoms with Gasteiger partial charge in [-0.05, 0) is 62.1 Å². The van der Waals surface area contributed by atoms with Crippen LogP contribution in [-0.2, 0) is 16.4 Å². The lowest BCUT2D eigenvalue weighted by Gasteiger charge is -2.30. The van der Waals surface area contributed by atoms with Crippen LogP contribution in [0, 0.1) is 13.8 Å². The Kier molecular flexibility index (Phi) is 6.41. The van der Waals surface area contributed by atoms with E-state index >= 15 is 0 Å². The Morgan fingerprint density at radius 1 is 1.06 bits per heavy atom. The summed E-state index contributed by atoms with van der Waals surface area (Å²) in [6.45, 7) is 9.01. The molecule has 3 aromatic rings. The summed E-state index contributed by atoms with van der Waals surface area (Å²) in [6.07, 6.45) is 3.14. The van der Waals surface area contributed by atoms with Crippen molar-refractivity contribution in [1.82, 2.24) is 14.1 Å². The zero-order valence-corrected chi connectivity index (χ0v) is 20.4. The fourth-order valence-corrected chi connectivity index (χ4v) is 5.98. The van der Waals surface area contributed by atoms with Crippen LogP contribution in [0.5, 0.6) is 0 Å². The van der Waals surface area contributed by atoms with Crippen molar-refractivity contribution in [2.24, 2.45) is 0 Å². The first-order valence-corrected chi connectivity index (χ1v) is 12.8. The number of anilines is 1. The fourth-order valence-electron chi connectivity index (χ4n) is 4.47. The Balaban J connectivity index is 1.68. The maximum Gasteiger partial charge on any atom is 0.261 e. The lowest BCUT2D eigenvalue weighted by atomic mass is 10.0. The number of amides is 1. The Morgan fingerprint density at radius 3 is 2.48 bits per heavy atom. The molecule has 174 valence electrons. The predicted molar refractivity (Wildman–Crippen MR) is 130 cm³/mol. The van der Waals surface area contributed by atoms with Gasteiger partial charge in [-0.1, -0.05) is 32.0 Å². The van der Waals surface area contributed by atoms with E-state index in [0.29, 0.717) is 25.2 Å². The van der Waals surface area contributed by atoms with Gasteiger partial charge in [-0.3, -0.25) is 4.79 Å². The van der Waals surface area contributed by atoms with Gasteiger partial charge < -0.3 is 4.90 Å². The highest BCUT2D eigenvalue weighted by Crippen LogP contribution is 2.32. The number of rotatable bonds is 6. The molecule has 0 N–H and O–H groups in total. The highest BCUT2D eigenvalue weighted by molar-refractivity contribution is 7.89. The standard InChI is InChI=1S/C25H30N4O3S/c1-5-27(6-2)33(31,32)21-13-14-24-20(16-21)11-9-15-28(24)25(30)22-17-26-29(19(22)4)23-12-8-7-10-18(23)3/h7-8,10,12-14,16-17H,5-6,9,11,15H2,1-4H3. The smallest absolute Gasteiger partial charge is 0.261 e. The van der Waals surface area contributed by atoms with E-state index in [1.807, 2.05) is 52.0 Å². The highest BCUT2D eigenvalue weighted by Gasteiger charge is 2.29. The summed E-state index contributed by atoms with van der Waals surface area (Å²) >= 11 is 0. The Hall–Kier alpha value is -2.97. The van der Waals surface area contributed by atoms with Gasteiger partial charge in [0.25, 0.3) is 5.91 Å². The van der Waals surface area contributed by atoms with Gasteiger partial charge in [0.15, 0.2) is 0 Å². The molecule has 1 aliphatic rings. The molecule has 4 rings (SSSR count). The van der Waals surface area contributed by atoms with Gasteiger partial charge in [0.05, 0.1) is 28.0 Å². The fraction of sp³-hybridized carbons (Fsp3) is 0.360. The summed E-state index contributed by atoms with van der Waals surface area (Å²) in [7, 11) is -3.55. The SMILES string of the molecule is CCN(CC)S(=O)(=O)c1ccc2c(c1)CCCN2C(=O)c1cnn(-c2ccccc2C)c1C. The summed E-state index contributed by atoms with van der Waals surface area (Å²) in [5, 5.41) is 4.49. The first-order chi connectivity index (χ1) is 15.8. The summed E-state index contributed by atoms with van der Waals surface area (Å²) in [5.41, 5.74) is 5.00. The van der Waals surface area contributed by atoms with E-state index in [-0.39, 0.29) is 10.8 Å². The van der Waals surface area contributed by atoms with Crippen LogP contribution in [0.15, 0.2) is 53.6 Å². The predicted octanol–water partition coefficient (Wildman–Crippen LogP) is 4.11. The third kappa shape index (κ3) is 4.09. The van der Waals surface area contributed by atoms with Gasteiger partial charge >= 0.3 is 0 Å². The van der Waals surface area contributed by atoms with Crippen molar-refractivity contribution in [2.75, 3.05) is 24.5 Å². The van der Waals surface area contributed by atoms with E-state index in [1.165, 1.54) is 4.31 Å². The quantitative estimate of drug-likeness (QED) is 0.548. The number of benzene rings is 2. The monoisotopic (exact) mass is 466 g/mol. The zero-order chi connectivity index (χ0) is 23.8. The number of fused-ring (bicyclic) bond motifs is 1. The molecule has 0 bridgehead atoms. The number of para-hydroxylation sites is 1. The third-order valence-electron chi connectivity index (χ3n) is 6.34. The topological polar surface area (TPSA) is 75.5 Å². The van der Waals surface area contributed by atoms with Crippen molar-refractivity contribution < 1.29 is 13.2 Å². The second-order valence-electron chi connectivity index (χ2n) is 8.28. The van der Waals surface area contributed by atoms with Crippen LogP contribution in [0.25, 0.3) is 5.69 Å². The maximum atomic E-state index is 13.5. The molecule has 1 amide bonds. The molecule has 8 heteroatoms. The van der Waals surface area contributed by atoms with Gasteiger partial charge in [0.1, 0.15) is 0 Å². The van der Waals surface area contributed by atoms with Crippen LogP contribution in [0.1, 0.15) is 47.4 Å². The molecule has 0 aliphatic carbocycles. The lowest BCUT2D eigenvalue weighted by Crippen LogP contribution is -2.36. The molecule has 7 nitrogen and oxygen atoms in total. The van der Waals surface area contributed by atoms with Crippen LogP contribution < -0.4 is 4.90 Å². The third-order valence-corrected chi connectivity index (χ3v) is 8.39. The van der Waals surface area contributed by atoms with Crippen LogP contribution in [-0.4, -0.2) is 48.0 Å². The number of hydrogen-bond acceptors (Lipinski definition) is 4. The molecule has 0 saturated carbocycles. The van der Waals surface area contributed by atoms with E-state index < -0.39 is 10.0 Å². The minimum absolute atomic E-state index is 0.118. The van der Waals surface area contributed by atoms with Crippen molar-refractivity contribution in [3.05, 3.63) is 71.0 Å². The van der Waals surface area contributed by atoms with Gasteiger partial charge in [-0.15, -0.1) is 0 Å². The average molecular weight is 467 g/mol. The largest absolute Gasteiger partial charge is 0.308 e. The number of carbonyl (C=O) groups is 1. The van der Waals surface area contributed by atoms with E-state index in [2.05, 4.69) is 5.10 Å². The lowest BCUT2D eigenvalue weighted by molar-refractivity contribution is 0.0984. The van der Waals surface area contributed by atoms with Gasteiger partial charge in [0, 0.05) is 25.3 Å². The van der Waals surface area contributed by atoms with Crippen molar-refractivity contribution >= 4 is 21.6 Å². The molecule has 0 fully saturated rings. The van der Waals surface area contributed by atoms with E-state index in [9.17, 15) is 13.2 Å². The molecule has 1 aliphatic heterocycles. The van der Waals surface area contributed by atoms with Crippen LogP contribution in [0.4, 0.5) is 5.69 Å². The highest BCUT2D eigenvalue weighted by atomic mass is 32.2. The number of hydrogen-bond donors (Lipinski definition) is 0. The molecule has 33 heavy (non-hydrogen) atoms. The van der Waals surface area contributed by atoms with E-state index in [1.54, 1.807) is 34.0 Å². The molecule has 1 aromatic heterocycles. The summed E-state index contributed by atoms with van der Waals surface area (Å²) < 4.78 is 29.2. The Bertz CT molecular complexity index is 1290. The minimum atomic E-state index is -3.55. The molecule has 0 saturated heterocycles. The summed E-state index contributed by atoms with van der Waals surface area (Å²) in [5.74, 6) is -0.118. The zero-order valence-electron chi connectivity index (χ0n) is 19.6. The molecular formula is C25H30N4O3S. The van der Waals surface area contributed by atoms with Crippen molar-refractivity contribution in [2.45, 2.75) is 45.4 Å². The van der Waals surface area contributed by atoms with E-state index in [4.69, 9.17) is 0 Å². The average Bonchev–Trinajstić information content (AvgIpc) is 3.19. The van der Waals surface area contributed by atoms with Crippen molar-refractivity contribution in [3.8, 4) is 5.69 Å². The number of aromatic nitrogens is 2. The molecular weight excluding hydrogens is 436 g/mol. The molecule has 2 aromatic carbocycles. The number of aryl methyl sites for hydroxylation is 2. The van der Waals surface area contributed by atoms with Crippen LogP contribution in [0.2, 0.25) is 0 Å². The van der Waals surface area contributed by atoms with Gasteiger partial charge in [-0.25, -0.2) is 13.1 Å². The summed E-state index contributed by atoms with van der Waals surface area (Å²) in [6, 6.07) is 13.0. The number of nitrogens with zero attached hydrogens (tertiary/aromatic N) is 4. The van der Waals surface area contributed by atoms with Crippen LogP contribution >= 0.6 is 0 Å². The maximum absolute atomic E-state index is 13.5. The van der Waals surface area contributed by atoms with E-state index in [0.717, 1.165) is 41.0 Å². The van der Waals surface area contributed by atoms with Crippen molar-refractivity contribution in [3.63, 3.8) is 0 Å². The molecule has 0 unspecified atom stereocenters. The van der Waals surface area contributed by atoms with Gasteiger partial charge in [0.2, 0.25) is 10.0 Å². The summed E-state index contributed by atoms with van der Waals surface area (Å²) in [4.78, 5) is 15.6. The van der Waals surface area contributed by atoms with Crippen molar-refractivity contribution in [1.29, 1.82) is 0 Å². The number of sulfonamides is 1. The molecule has 2 heterocycles. The molecule has 0 spiro atoms. The first kappa shape index (κ1) is 23.2. The second kappa shape index (κ2) is 9.11. The normalized spacial score (nSPS) is 13.9. The van der Waals surface area contributed by atoms with Crippen LogP contribution in [0.3, 0.4) is 0 Å².